The zero-order valence-electron chi connectivity index (χ0n) is 17.0. The van der Waals surface area contributed by atoms with Crippen molar-refractivity contribution in [2.24, 2.45) is 0 Å². The number of hydrogen-bond donors (Lipinski definition) is 3. The number of rotatable bonds is 3. The van der Waals surface area contributed by atoms with E-state index in [4.69, 9.17) is 10.5 Å². The van der Waals surface area contributed by atoms with E-state index in [0.717, 1.165) is 6.07 Å². The Hall–Kier alpha value is -4.08. The highest BCUT2D eigenvalue weighted by Gasteiger charge is 2.31. The summed E-state index contributed by atoms with van der Waals surface area (Å²) < 4.78 is 48.2. The zero-order chi connectivity index (χ0) is 22.9. The van der Waals surface area contributed by atoms with Crippen LogP contribution in [-0.4, -0.2) is 32.4 Å². The summed E-state index contributed by atoms with van der Waals surface area (Å²) in [5, 5.41) is 7.56. The highest BCUT2D eigenvalue weighted by atomic mass is 19.2. The lowest BCUT2D eigenvalue weighted by molar-refractivity contribution is 0.0420. The molecule has 1 aliphatic carbocycles. The molecule has 0 spiro atoms. The summed E-state index contributed by atoms with van der Waals surface area (Å²) in [5.41, 5.74) is 6.60. The maximum atomic E-state index is 14.5. The van der Waals surface area contributed by atoms with Crippen LogP contribution < -0.4 is 16.0 Å². The van der Waals surface area contributed by atoms with Crippen LogP contribution in [0.25, 0.3) is 43.8 Å². The third kappa shape index (κ3) is 2.86. The van der Waals surface area contributed by atoms with Gasteiger partial charge in [0.25, 0.3) is 5.56 Å². The van der Waals surface area contributed by atoms with E-state index in [0.29, 0.717) is 27.6 Å². The van der Waals surface area contributed by atoms with Crippen molar-refractivity contribution in [3.05, 3.63) is 58.6 Å². The number of anilines is 1. The first-order valence-electron chi connectivity index (χ1n) is 10.3. The van der Waals surface area contributed by atoms with Gasteiger partial charge in [0, 0.05) is 40.8 Å². The molecule has 1 fully saturated rings. The van der Waals surface area contributed by atoms with Gasteiger partial charge in [-0.05, 0) is 29.8 Å². The van der Waals surface area contributed by atoms with Crippen molar-refractivity contribution in [1.82, 2.24) is 20.2 Å². The molecule has 166 valence electrons. The van der Waals surface area contributed by atoms with Crippen molar-refractivity contribution < 1.29 is 17.9 Å². The molecule has 1 saturated carbocycles. The minimum atomic E-state index is -1.11. The number of nitrogens with two attached hydrogens (primary N) is 1. The average molecular weight is 451 g/mol. The summed E-state index contributed by atoms with van der Waals surface area (Å²) >= 11 is 0. The van der Waals surface area contributed by atoms with E-state index < -0.39 is 23.4 Å². The molecule has 0 saturated heterocycles. The van der Waals surface area contributed by atoms with Crippen LogP contribution in [0.3, 0.4) is 0 Å². The van der Waals surface area contributed by atoms with Gasteiger partial charge < -0.3 is 15.5 Å². The van der Waals surface area contributed by atoms with Gasteiger partial charge in [0.05, 0.1) is 11.7 Å². The topological polar surface area (TPSA) is 110 Å². The van der Waals surface area contributed by atoms with E-state index in [1.165, 1.54) is 6.20 Å². The van der Waals surface area contributed by atoms with Crippen LogP contribution in [0.1, 0.15) is 12.8 Å². The minimum absolute atomic E-state index is 0.139. The fourth-order valence-electron chi connectivity index (χ4n) is 4.40. The minimum Gasteiger partial charge on any atom is -0.488 e. The van der Waals surface area contributed by atoms with E-state index >= 15 is 0 Å². The number of alkyl halides is 1. The van der Waals surface area contributed by atoms with E-state index in [9.17, 15) is 18.0 Å². The molecule has 0 radical (unpaired) electrons. The molecule has 7 nitrogen and oxygen atoms in total. The number of hydrogen-bond acceptors (Lipinski definition) is 5. The molecule has 10 heteroatoms. The molecule has 6 rings (SSSR count). The van der Waals surface area contributed by atoms with Gasteiger partial charge in [0.15, 0.2) is 11.6 Å². The Morgan fingerprint density at radius 2 is 1.94 bits per heavy atom. The van der Waals surface area contributed by atoms with Crippen molar-refractivity contribution >= 4 is 38.4 Å². The fourth-order valence-corrected chi connectivity index (χ4v) is 4.40. The van der Waals surface area contributed by atoms with Gasteiger partial charge in [-0.2, -0.15) is 5.10 Å². The number of nitrogens with one attached hydrogen (secondary N) is 2. The van der Waals surface area contributed by atoms with Crippen LogP contribution in [0.4, 0.5) is 18.9 Å². The number of halogens is 3. The molecule has 3 heterocycles. The Labute approximate surface area is 183 Å². The number of nitrogens with zero attached hydrogens (tertiary/aromatic N) is 2. The lowest BCUT2D eigenvalue weighted by atomic mass is 9.93. The monoisotopic (exact) mass is 451 g/mol. The van der Waals surface area contributed by atoms with Gasteiger partial charge in [-0.3, -0.25) is 14.9 Å². The van der Waals surface area contributed by atoms with Crippen LogP contribution in [0.5, 0.6) is 5.75 Å². The second-order valence-corrected chi connectivity index (χ2v) is 8.13. The van der Waals surface area contributed by atoms with Gasteiger partial charge >= 0.3 is 0 Å². The Balaban J connectivity index is 1.72. The van der Waals surface area contributed by atoms with E-state index in [2.05, 4.69) is 20.2 Å². The molecule has 1 aliphatic rings. The number of nitrogen functional groups attached to an aromatic ring is 1. The SMILES string of the molecule is Nc1c(-c2cc(F)c(F)c3[nH]ncc23)c2cc(OC3CC(F)C3)c3ncccc3c2[nH]c1=O. The first-order chi connectivity index (χ1) is 15.9. The molecule has 0 bridgehead atoms. The number of H-pyrrole nitrogens is 2. The molecule has 3 aromatic heterocycles. The normalized spacial score (nSPS) is 18.2. The van der Waals surface area contributed by atoms with Crippen LogP contribution in [-0.2, 0) is 0 Å². The van der Waals surface area contributed by atoms with Crippen molar-refractivity contribution in [3.63, 3.8) is 0 Å². The highest BCUT2D eigenvalue weighted by molar-refractivity contribution is 6.15. The van der Waals surface area contributed by atoms with E-state index in [-0.39, 0.29) is 46.7 Å². The largest absolute Gasteiger partial charge is 0.488 e. The molecule has 0 aliphatic heterocycles. The Kier molecular flexibility index (Phi) is 4.13. The van der Waals surface area contributed by atoms with E-state index in [1.807, 2.05) is 0 Å². The van der Waals surface area contributed by atoms with Crippen LogP contribution in [0.15, 0.2) is 41.5 Å². The van der Waals surface area contributed by atoms with Gasteiger partial charge in [-0.25, -0.2) is 13.2 Å². The molecule has 4 N–H and O–H groups in total. The summed E-state index contributed by atoms with van der Waals surface area (Å²) in [5.74, 6) is -1.81. The second-order valence-electron chi connectivity index (χ2n) is 8.13. The molecule has 33 heavy (non-hydrogen) atoms. The highest BCUT2D eigenvalue weighted by Crippen LogP contribution is 2.42. The maximum absolute atomic E-state index is 14.5. The van der Waals surface area contributed by atoms with E-state index in [1.54, 1.807) is 24.4 Å². The number of fused-ring (bicyclic) bond motifs is 4. The van der Waals surface area contributed by atoms with Gasteiger partial charge in [-0.15, -0.1) is 0 Å². The van der Waals surface area contributed by atoms with Crippen LogP contribution in [0.2, 0.25) is 0 Å². The number of benzene rings is 2. The predicted octanol–water partition coefficient (Wildman–Crippen LogP) is 4.36. The van der Waals surface area contributed by atoms with Crippen LogP contribution in [0, 0.1) is 11.6 Å². The fraction of sp³-hybridized carbons (Fsp3) is 0.174. The quantitative estimate of drug-likeness (QED) is 0.353. The van der Waals surface area contributed by atoms with Crippen LogP contribution >= 0.6 is 0 Å². The number of pyridine rings is 2. The average Bonchev–Trinajstić information content (AvgIpc) is 3.28. The maximum Gasteiger partial charge on any atom is 0.272 e. The number of aromatic amines is 2. The standard InChI is InChI=1S/C23H16F3N5O2/c24-9-4-10(5-9)33-16-7-13-17(12-6-15(25)18(26)22-14(12)8-29-31-22)19(27)23(32)30-20(13)11-2-1-3-28-21(11)16/h1-3,6-10H,4-5,27H2,(H,29,31)(H,30,32). The molecule has 2 aromatic carbocycles. The molecule has 0 amide bonds. The third-order valence-electron chi connectivity index (χ3n) is 6.11. The second kappa shape index (κ2) is 6.96. The predicted molar refractivity (Wildman–Crippen MR) is 118 cm³/mol. The van der Waals surface area contributed by atoms with Gasteiger partial charge in [0.1, 0.15) is 34.7 Å². The lowest BCUT2D eigenvalue weighted by Crippen LogP contribution is -2.35. The molecular weight excluding hydrogens is 435 g/mol. The lowest BCUT2D eigenvalue weighted by Gasteiger charge is -2.30. The molecule has 5 aromatic rings. The summed E-state index contributed by atoms with van der Waals surface area (Å²) in [7, 11) is 0. The number of aromatic nitrogens is 4. The Morgan fingerprint density at radius 1 is 1.12 bits per heavy atom. The smallest absolute Gasteiger partial charge is 0.272 e. The Bertz CT molecular complexity index is 1640. The first-order valence-corrected chi connectivity index (χ1v) is 10.3. The summed E-state index contributed by atoms with van der Waals surface area (Å²) in [4.78, 5) is 19.9. The van der Waals surface area contributed by atoms with Gasteiger partial charge in [0.2, 0.25) is 0 Å². The van der Waals surface area contributed by atoms with Crippen molar-refractivity contribution in [2.45, 2.75) is 25.1 Å². The first kappa shape index (κ1) is 19.6. The summed E-state index contributed by atoms with van der Waals surface area (Å²) in [6.45, 7) is 0. The van der Waals surface area contributed by atoms with Gasteiger partial charge in [-0.1, -0.05) is 0 Å². The zero-order valence-corrected chi connectivity index (χ0v) is 17.0. The van der Waals surface area contributed by atoms with Crippen molar-refractivity contribution in [1.29, 1.82) is 0 Å². The Morgan fingerprint density at radius 3 is 2.73 bits per heavy atom. The number of ether oxygens (including phenoxy) is 1. The third-order valence-corrected chi connectivity index (χ3v) is 6.11. The van der Waals surface area contributed by atoms with Crippen molar-refractivity contribution in [3.8, 4) is 16.9 Å². The molecule has 0 unspecified atom stereocenters. The summed E-state index contributed by atoms with van der Waals surface area (Å²) in [6, 6.07) is 6.09. The molecular formula is C23H16F3N5O2. The summed E-state index contributed by atoms with van der Waals surface area (Å²) in [6.07, 6.45) is 2.25. The molecule has 0 atom stereocenters. The van der Waals surface area contributed by atoms with Crippen molar-refractivity contribution in [2.75, 3.05) is 5.73 Å².